The molecule has 1 atom stereocenters. The highest BCUT2D eigenvalue weighted by atomic mass is 16.5. The molecule has 2 aromatic rings. The topological polar surface area (TPSA) is 61.3 Å². The molecule has 0 radical (unpaired) electrons. The van der Waals surface area contributed by atoms with Crippen LogP contribution in [0, 0.1) is 0 Å². The Morgan fingerprint density at radius 1 is 1.47 bits per heavy atom. The molecule has 78 valence electrons. The summed E-state index contributed by atoms with van der Waals surface area (Å²) in [5.74, 6) is 0.547. The lowest BCUT2D eigenvalue weighted by Gasteiger charge is -2.12. The molecular formula is C11H12N2O2. The van der Waals surface area contributed by atoms with Crippen LogP contribution in [-0.4, -0.2) is 12.1 Å². The van der Waals surface area contributed by atoms with Crippen LogP contribution in [0.1, 0.15) is 17.2 Å². The maximum Gasteiger partial charge on any atom is 0.218 e. The smallest absolute Gasteiger partial charge is 0.218 e. The van der Waals surface area contributed by atoms with Crippen molar-refractivity contribution in [2.45, 2.75) is 6.04 Å². The van der Waals surface area contributed by atoms with Crippen molar-refractivity contribution >= 4 is 0 Å². The first-order valence-corrected chi connectivity index (χ1v) is 4.59. The summed E-state index contributed by atoms with van der Waals surface area (Å²) in [5.41, 5.74) is 7.81. The second-order valence-corrected chi connectivity index (χ2v) is 3.14. The van der Waals surface area contributed by atoms with Crippen LogP contribution < -0.4 is 10.5 Å². The molecule has 2 heterocycles. The predicted octanol–water partition coefficient (Wildman–Crippen LogP) is 1.73. The molecule has 0 amide bonds. The van der Waals surface area contributed by atoms with Gasteiger partial charge in [0.05, 0.1) is 25.7 Å². The Labute approximate surface area is 87.7 Å². The maximum absolute atomic E-state index is 6.06. The number of nitrogens with zero attached hydrogens (tertiary/aromatic N) is 1. The first-order valence-electron chi connectivity index (χ1n) is 4.59. The van der Waals surface area contributed by atoms with Gasteiger partial charge in [-0.1, -0.05) is 6.07 Å². The second-order valence-electron chi connectivity index (χ2n) is 3.14. The van der Waals surface area contributed by atoms with E-state index < -0.39 is 0 Å². The van der Waals surface area contributed by atoms with E-state index in [1.165, 1.54) is 0 Å². The summed E-state index contributed by atoms with van der Waals surface area (Å²) in [5, 5.41) is 0. The Balaban J connectivity index is 2.37. The van der Waals surface area contributed by atoms with Crippen molar-refractivity contribution in [3.05, 3.63) is 48.0 Å². The summed E-state index contributed by atoms with van der Waals surface area (Å²) < 4.78 is 10.1. The Bertz CT molecular complexity index is 426. The van der Waals surface area contributed by atoms with Crippen molar-refractivity contribution in [1.29, 1.82) is 0 Å². The third-order valence-electron chi connectivity index (χ3n) is 2.23. The number of hydrogen-bond acceptors (Lipinski definition) is 4. The molecule has 0 saturated carbocycles. The first kappa shape index (κ1) is 9.73. The van der Waals surface area contributed by atoms with Crippen LogP contribution in [0.2, 0.25) is 0 Å². The highest BCUT2D eigenvalue weighted by molar-refractivity contribution is 5.35. The molecule has 15 heavy (non-hydrogen) atoms. The largest absolute Gasteiger partial charge is 0.481 e. The molecule has 4 nitrogen and oxygen atoms in total. The average Bonchev–Trinajstić information content (AvgIpc) is 2.81. The molecule has 0 aliphatic carbocycles. The Morgan fingerprint density at radius 3 is 3.00 bits per heavy atom. The van der Waals surface area contributed by atoms with Gasteiger partial charge in [0.1, 0.15) is 0 Å². The molecule has 0 saturated heterocycles. The monoisotopic (exact) mass is 204 g/mol. The maximum atomic E-state index is 6.06. The lowest BCUT2D eigenvalue weighted by molar-refractivity contribution is 0.390. The van der Waals surface area contributed by atoms with Crippen molar-refractivity contribution in [1.82, 2.24) is 4.98 Å². The highest BCUT2D eigenvalue weighted by Gasteiger charge is 2.15. The van der Waals surface area contributed by atoms with Gasteiger partial charge in [-0.05, 0) is 12.1 Å². The number of aromatic nitrogens is 1. The van der Waals surface area contributed by atoms with E-state index in [4.69, 9.17) is 14.9 Å². The fraction of sp³-hybridized carbons (Fsp3) is 0.182. The van der Waals surface area contributed by atoms with Crippen LogP contribution in [0.25, 0.3) is 0 Å². The highest BCUT2D eigenvalue weighted by Crippen LogP contribution is 2.25. The van der Waals surface area contributed by atoms with E-state index in [2.05, 4.69) is 4.98 Å². The van der Waals surface area contributed by atoms with Gasteiger partial charge in [-0.25, -0.2) is 4.98 Å². The molecule has 2 rings (SSSR count). The Kier molecular flexibility index (Phi) is 2.69. The number of hydrogen-bond donors (Lipinski definition) is 1. The summed E-state index contributed by atoms with van der Waals surface area (Å²) in [6.45, 7) is 0. The summed E-state index contributed by atoms with van der Waals surface area (Å²) in [4.78, 5) is 4.10. The van der Waals surface area contributed by atoms with Crippen molar-refractivity contribution in [2.75, 3.05) is 7.11 Å². The number of ether oxygens (including phenoxy) is 1. The van der Waals surface area contributed by atoms with Gasteiger partial charge >= 0.3 is 0 Å². The van der Waals surface area contributed by atoms with Gasteiger partial charge in [-0.2, -0.15) is 0 Å². The fourth-order valence-electron chi connectivity index (χ4n) is 1.44. The summed E-state index contributed by atoms with van der Waals surface area (Å²) in [7, 11) is 1.58. The van der Waals surface area contributed by atoms with Crippen LogP contribution >= 0.6 is 0 Å². The minimum atomic E-state index is -0.271. The van der Waals surface area contributed by atoms with E-state index in [1.54, 1.807) is 25.8 Å². The molecule has 2 aromatic heterocycles. The molecule has 0 aromatic carbocycles. The van der Waals surface area contributed by atoms with E-state index in [0.29, 0.717) is 5.88 Å². The van der Waals surface area contributed by atoms with Gasteiger partial charge in [-0.15, -0.1) is 0 Å². The normalized spacial score (nSPS) is 12.4. The zero-order valence-electron chi connectivity index (χ0n) is 8.38. The van der Waals surface area contributed by atoms with Crippen LogP contribution in [-0.2, 0) is 0 Å². The van der Waals surface area contributed by atoms with E-state index in [-0.39, 0.29) is 6.04 Å². The quantitative estimate of drug-likeness (QED) is 0.827. The lowest BCUT2D eigenvalue weighted by Crippen LogP contribution is -2.12. The van der Waals surface area contributed by atoms with E-state index in [9.17, 15) is 0 Å². The average molecular weight is 204 g/mol. The summed E-state index contributed by atoms with van der Waals surface area (Å²) in [6, 6.07) is 5.28. The molecule has 0 bridgehead atoms. The van der Waals surface area contributed by atoms with Gasteiger partial charge in [0.2, 0.25) is 5.88 Å². The minimum Gasteiger partial charge on any atom is -0.481 e. The number of methoxy groups -OCH3 is 1. The molecule has 0 aliphatic rings. The van der Waals surface area contributed by atoms with Gasteiger partial charge in [-0.3, -0.25) is 0 Å². The standard InChI is InChI=1S/C11H12N2O2/c1-14-11-9(3-2-5-13-11)10(12)8-4-6-15-7-8/h2-7,10H,12H2,1H3. The van der Waals surface area contributed by atoms with Crippen LogP contribution in [0.5, 0.6) is 5.88 Å². The van der Waals surface area contributed by atoms with Crippen molar-refractivity contribution in [3.63, 3.8) is 0 Å². The molecule has 0 fully saturated rings. The van der Waals surface area contributed by atoms with E-state index in [1.807, 2.05) is 18.2 Å². The molecule has 4 heteroatoms. The predicted molar refractivity (Wildman–Crippen MR) is 55.5 cm³/mol. The first-order chi connectivity index (χ1) is 7.33. The minimum absolute atomic E-state index is 0.271. The number of furan rings is 1. The number of nitrogens with two attached hydrogens (primary N) is 1. The number of rotatable bonds is 3. The summed E-state index contributed by atoms with van der Waals surface area (Å²) >= 11 is 0. The Morgan fingerprint density at radius 2 is 2.33 bits per heavy atom. The van der Waals surface area contributed by atoms with Crippen molar-refractivity contribution in [3.8, 4) is 5.88 Å². The zero-order chi connectivity index (χ0) is 10.7. The van der Waals surface area contributed by atoms with E-state index >= 15 is 0 Å². The molecule has 2 N–H and O–H groups in total. The molecular weight excluding hydrogens is 192 g/mol. The molecule has 1 unspecified atom stereocenters. The third-order valence-corrected chi connectivity index (χ3v) is 2.23. The fourth-order valence-corrected chi connectivity index (χ4v) is 1.44. The Hall–Kier alpha value is -1.81. The zero-order valence-corrected chi connectivity index (χ0v) is 8.38. The molecule has 0 aliphatic heterocycles. The van der Waals surface area contributed by atoms with Crippen LogP contribution in [0.15, 0.2) is 41.3 Å². The summed E-state index contributed by atoms with van der Waals surface area (Å²) in [6.07, 6.45) is 4.89. The van der Waals surface area contributed by atoms with Gasteiger partial charge in [0, 0.05) is 17.3 Å². The molecule has 0 spiro atoms. The second kappa shape index (κ2) is 4.14. The van der Waals surface area contributed by atoms with Gasteiger partial charge in [0.25, 0.3) is 0 Å². The van der Waals surface area contributed by atoms with Crippen molar-refractivity contribution in [2.24, 2.45) is 5.73 Å². The van der Waals surface area contributed by atoms with E-state index in [0.717, 1.165) is 11.1 Å². The number of pyridine rings is 1. The van der Waals surface area contributed by atoms with Gasteiger partial charge < -0.3 is 14.9 Å². The lowest BCUT2D eigenvalue weighted by atomic mass is 10.0. The van der Waals surface area contributed by atoms with Crippen LogP contribution in [0.4, 0.5) is 0 Å². The van der Waals surface area contributed by atoms with Crippen molar-refractivity contribution < 1.29 is 9.15 Å². The van der Waals surface area contributed by atoms with Gasteiger partial charge in [0.15, 0.2) is 0 Å². The van der Waals surface area contributed by atoms with Crippen LogP contribution in [0.3, 0.4) is 0 Å². The SMILES string of the molecule is COc1ncccc1C(N)c1ccoc1. The third kappa shape index (κ3) is 1.85.